The Morgan fingerprint density at radius 3 is 2.59 bits per heavy atom. The average Bonchev–Trinajstić information content (AvgIpc) is 2.65. The molecule has 2 rings (SSSR count). The summed E-state index contributed by atoms with van der Waals surface area (Å²) in [4.78, 5) is 0. The number of benzene rings is 1. The maximum atomic E-state index is 9.32. The highest BCUT2D eigenvalue weighted by atomic mass is 16.5. The largest absolute Gasteiger partial charge is 0.508 e. The van der Waals surface area contributed by atoms with Crippen molar-refractivity contribution in [1.82, 2.24) is 9.78 Å². The van der Waals surface area contributed by atoms with Crippen LogP contribution in [0.4, 0.5) is 0 Å². The summed E-state index contributed by atoms with van der Waals surface area (Å²) in [5.74, 6) is 1.44. The van der Waals surface area contributed by atoms with E-state index in [1.807, 2.05) is 10.9 Å². The molecule has 0 bridgehead atoms. The van der Waals surface area contributed by atoms with E-state index in [1.165, 1.54) is 0 Å². The van der Waals surface area contributed by atoms with E-state index in [2.05, 4.69) is 25.9 Å². The third kappa shape index (κ3) is 2.78. The highest BCUT2D eigenvalue weighted by Crippen LogP contribution is 2.25. The summed E-state index contributed by atoms with van der Waals surface area (Å²) in [7, 11) is 0. The number of phenols is 1. The number of nitrogens with zero attached hydrogens (tertiary/aromatic N) is 2. The summed E-state index contributed by atoms with van der Waals surface area (Å²) >= 11 is 0. The first-order valence-corrected chi connectivity index (χ1v) is 5.47. The molecule has 4 heteroatoms. The topological polar surface area (TPSA) is 47.3 Å². The summed E-state index contributed by atoms with van der Waals surface area (Å²) in [6.07, 6.45) is 3.50. The van der Waals surface area contributed by atoms with E-state index in [4.69, 9.17) is 4.74 Å². The first kappa shape index (κ1) is 11.5. The van der Waals surface area contributed by atoms with Crippen molar-refractivity contribution in [3.63, 3.8) is 0 Å². The Morgan fingerprint density at radius 2 is 2.00 bits per heavy atom. The molecular weight excluding hydrogens is 216 g/mol. The van der Waals surface area contributed by atoms with Crippen molar-refractivity contribution in [2.24, 2.45) is 0 Å². The number of aromatic hydroxyl groups is 1. The van der Waals surface area contributed by atoms with E-state index in [0.717, 1.165) is 0 Å². The molecule has 0 atom stereocenters. The Labute approximate surface area is 100 Å². The normalized spacial score (nSPS) is 11.5. The fraction of sp³-hybridized carbons (Fsp3) is 0.308. The molecule has 0 saturated heterocycles. The van der Waals surface area contributed by atoms with Crippen LogP contribution in [0.25, 0.3) is 0 Å². The van der Waals surface area contributed by atoms with E-state index in [9.17, 15) is 5.11 Å². The third-order valence-electron chi connectivity index (χ3n) is 2.30. The standard InChI is InChI=1S/C13H16N2O2/c1-13(2,3)15-9-12(8-14-15)17-11-6-4-5-10(16)7-11/h4-9,16H,1-3H3. The van der Waals surface area contributed by atoms with Crippen LogP contribution < -0.4 is 4.74 Å². The van der Waals surface area contributed by atoms with Gasteiger partial charge in [-0.1, -0.05) is 6.07 Å². The van der Waals surface area contributed by atoms with Crippen LogP contribution in [0.2, 0.25) is 0 Å². The minimum absolute atomic E-state index is 0.0690. The molecule has 17 heavy (non-hydrogen) atoms. The second kappa shape index (κ2) is 4.13. The van der Waals surface area contributed by atoms with Crippen molar-refractivity contribution < 1.29 is 9.84 Å². The van der Waals surface area contributed by atoms with Crippen molar-refractivity contribution in [3.05, 3.63) is 36.7 Å². The molecule has 90 valence electrons. The molecule has 0 saturated carbocycles. The van der Waals surface area contributed by atoms with Gasteiger partial charge in [0.1, 0.15) is 11.5 Å². The number of phenolic OH excluding ortho intramolecular Hbond substituents is 1. The molecule has 0 unspecified atom stereocenters. The zero-order chi connectivity index (χ0) is 12.5. The number of aromatic nitrogens is 2. The van der Waals surface area contributed by atoms with E-state index in [0.29, 0.717) is 11.5 Å². The molecule has 1 heterocycles. The van der Waals surface area contributed by atoms with Crippen molar-refractivity contribution >= 4 is 0 Å². The molecule has 0 radical (unpaired) electrons. The molecule has 2 aromatic rings. The Kier molecular flexibility index (Phi) is 2.79. The monoisotopic (exact) mass is 232 g/mol. The van der Waals surface area contributed by atoms with E-state index in [-0.39, 0.29) is 11.3 Å². The maximum absolute atomic E-state index is 9.32. The SMILES string of the molecule is CC(C)(C)n1cc(Oc2cccc(O)c2)cn1. The minimum atomic E-state index is -0.0690. The third-order valence-corrected chi connectivity index (χ3v) is 2.30. The zero-order valence-corrected chi connectivity index (χ0v) is 10.2. The molecule has 4 nitrogen and oxygen atoms in total. The van der Waals surface area contributed by atoms with E-state index in [1.54, 1.807) is 30.5 Å². The molecule has 0 fully saturated rings. The van der Waals surface area contributed by atoms with Gasteiger partial charge in [-0.2, -0.15) is 5.10 Å². The van der Waals surface area contributed by atoms with Gasteiger partial charge >= 0.3 is 0 Å². The Hall–Kier alpha value is -1.97. The Morgan fingerprint density at radius 1 is 1.24 bits per heavy atom. The van der Waals surface area contributed by atoms with Gasteiger partial charge in [0.15, 0.2) is 5.75 Å². The summed E-state index contributed by atoms with van der Waals surface area (Å²) in [6, 6.07) is 6.69. The van der Waals surface area contributed by atoms with Crippen LogP contribution in [0.15, 0.2) is 36.7 Å². The fourth-order valence-electron chi connectivity index (χ4n) is 1.41. The van der Waals surface area contributed by atoms with Crippen molar-refractivity contribution in [1.29, 1.82) is 0 Å². The smallest absolute Gasteiger partial charge is 0.165 e. The lowest BCUT2D eigenvalue weighted by Gasteiger charge is -2.18. The van der Waals surface area contributed by atoms with Crippen molar-refractivity contribution in [2.75, 3.05) is 0 Å². The fourth-order valence-corrected chi connectivity index (χ4v) is 1.41. The number of ether oxygens (including phenoxy) is 1. The van der Waals surface area contributed by atoms with Crippen LogP contribution in [0.3, 0.4) is 0 Å². The Bertz CT molecular complexity index is 512. The van der Waals surface area contributed by atoms with Crippen LogP contribution in [-0.4, -0.2) is 14.9 Å². The molecule has 0 aliphatic rings. The number of hydrogen-bond donors (Lipinski definition) is 1. The maximum Gasteiger partial charge on any atom is 0.165 e. The molecule has 1 aromatic carbocycles. The van der Waals surface area contributed by atoms with Gasteiger partial charge < -0.3 is 9.84 Å². The van der Waals surface area contributed by atoms with Crippen LogP contribution in [0.1, 0.15) is 20.8 Å². The second-order valence-electron chi connectivity index (χ2n) is 4.89. The summed E-state index contributed by atoms with van der Waals surface area (Å²) in [5.41, 5.74) is -0.0690. The number of rotatable bonds is 2. The summed E-state index contributed by atoms with van der Waals surface area (Å²) in [5, 5.41) is 13.6. The molecule has 1 N–H and O–H groups in total. The van der Waals surface area contributed by atoms with Gasteiger partial charge in [-0.3, -0.25) is 4.68 Å². The quantitative estimate of drug-likeness (QED) is 0.865. The lowest BCUT2D eigenvalue weighted by Crippen LogP contribution is -2.21. The van der Waals surface area contributed by atoms with Crippen LogP contribution in [-0.2, 0) is 5.54 Å². The van der Waals surface area contributed by atoms with Crippen molar-refractivity contribution in [2.45, 2.75) is 26.3 Å². The predicted octanol–water partition coefficient (Wildman–Crippen LogP) is 3.14. The molecule has 0 aliphatic carbocycles. The first-order valence-electron chi connectivity index (χ1n) is 5.47. The minimum Gasteiger partial charge on any atom is -0.508 e. The summed E-state index contributed by atoms with van der Waals surface area (Å²) < 4.78 is 7.43. The molecule has 1 aromatic heterocycles. The highest BCUT2D eigenvalue weighted by Gasteiger charge is 2.14. The molecular formula is C13H16N2O2. The van der Waals surface area contributed by atoms with Crippen molar-refractivity contribution in [3.8, 4) is 17.2 Å². The average molecular weight is 232 g/mol. The molecule has 0 spiro atoms. The molecule has 0 aliphatic heterocycles. The predicted molar refractivity (Wildman–Crippen MR) is 65.4 cm³/mol. The highest BCUT2D eigenvalue weighted by molar-refractivity contribution is 5.34. The summed E-state index contributed by atoms with van der Waals surface area (Å²) in [6.45, 7) is 6.20. The zero-order valence-electron chi connectivity index (χ0n) is 10.2. The lowest BCUT2D eigenvalue weighted by molar-refractivity contribution is 0.353. The van der Waals surface area contributed by atoms with Gasteiger partial charge in [-0.15, -0.1) is 0 Å². The van der Waals surface area contributed by atoms with Crippen LogP contribution >= 0.6 is 0 Å². The van der Waals surface area contributed by atoms with Gasteiger partial charge in [0.2, 0.25) is 0 Å². The van der Waals surface area contributed by atoms with Crippen LogP contribution in [0.5, 0.6) is 17.2 Å². The Balaban J connectivity index is 2.17. The number of hydrogen-bond acceptors (Lipinski definition) is 3. The van der Waals surface area contributed by atoms with Gasteiger partial charge in [-0.25, -0.2) is 0 Å². The lowest BCUT2D eigenvalue weighted by atomic mass is 10.1. The first-order chi connectivity index (χ1) is 7.95. The van der Waals surface area contributed by atoms with E-state index < -0.39 is 0 Å². The van der Waals surface area contributed by atoms with Gasteiger partial charge in [0, 0.05) is 6.07 Å². The van der Waals surface area contributed by atoms with E-state index >= 15 is 0 Å². The second-order valence-corrected chi connectivity index (χ2v) is 4.89. The van der Waals surface area contributed by atoms with Gasteiger partial charge in [0.05, 0.1) is 17.9 Å². The molecule has 0 amide bonds. The van der Waals surface area contributed by atoms with Gasteiger partial charge in [-0.05, 0) is 32.9 Å². The van der Waals surface area contributed by atoms with Gasteiger partial charge in [0.25, 0.3) is 0 Å². The van der Waals surface area contributed by atoms with Crippen LogP contribution in [0, 0.1) is 0 Å².